The number of hydrogen-bond donors (Lipinski definition) is 0. The van der Waals surface area contributed by atoms with Gasteiger partial charge in [0.15, 0.2) is 16.3 Å². The lowest BCUT2D eigenvalue weighted by molar-refractivity contribution is -0.138. The van der Waals surface area contributed by atoms with Gasteiger partial charge in [0.2, 0.25) is 0 Å². The minimum absolute atomic E-state index is 0.193. The van der Waals surface area contributed by atoms with Crippen LogP contribution >= 0.6 is 27.3 Å². The number of thiazole rings is 1. The minimum atomic E-state index is -0.734. The molecule has 5 aromatic rings. The highest BCUT2D eigenvalue weighted by atomic mass is 79.9. The van der Waals surface area contributed by atoms with Gasteiger partial charge in [0.1, 0.15) is 6.61 Å². The molecule has 0 radical (unpaired) electrons. The molecule has 0 fully saturated rings. The molecule has 2 heterocycles. The fourth-order valence-electron chi connectivity index (χ4n) is 5.61. The van der Waals surface area contributed by atoms with Gasteiger partial charge >= 0.3 is 5.97 Å². The lowest BCUT2D eigenvalue weighted by Crippen LogP contribution is -2.40. The van der Waals surface area contributed by atoms with Gasteiger partial charge in [-0.05, 0) is 65.4 Å². The number of benzene rings is 4. The fourth-order valence-corrected chi connectivity index (χ4v) is 6.87. The summed E-state index contributed by atoms with van der Waals surface area (Å²) in [5, 5.41) is 0. The number of rotatable bonds is 10. The Morgan fingerprint density at radius 2 is 1.71 bits per heavy atom. The lowest BCUT2D eigenvalue weighted by Gasteiger charge is -2.26. The van der Waals surface area contributed by atoms with Crippen LogP contribution in [0.3, 0.4) is 0 Å². The van der Waals surface area contributed by atoms with Crippen molar-refractivity contribution >= 4 is 45.0 Å². The summed E-state index contributed by atoms with van der Waals surface area (Å²) in [6, 6.07) is 30.4. The SMILES string of the molecule is CCOC(=O)C1=C(c2ccccc2)N=c2s/c(=C\c3ccc(OCc4ccc(Br)cc4)c(OC)c3)c(=O)n2[C@@H]1c1ccc(C(C)C)cc1. The Kier molecular flexibility index (Phi) is 10.1. The maximum absolute atomic E-state index is 14.3. The second kappa shape index (κ2) is 14.6. The maximum Gasteiger partial charge on any atom is 0.338 e. The third-order valence-electron chi connectivity index (χ3n) is 8.09. The maximum atomic E-state index is 14.3. The number of hydrogen-bond acceptors (Lipinski definition) is 7. The lowest BCUT2D eigenvalue weighted by atomic mass is 9.91. The summed E-state index contributed by atoms with van der Waals surface area (Å²) in [6.45, 7) is 6.61. The van der Waals surface area contributed by atoms with Crippen LogP contribution in [0, 0.1) is 0 Å². The van der Waals surface area contributed by atoms with Gasteiger partial charge in [-0.1, -0.05) is 114 Å². The fraction of sp³-hybridized carbons (Fsp3) is 0.205. The number of carbonyl (C=O) groups is 1. The first-order valence-electron chi connectivity index (χ1n) is 15.7. The molecule has 9 heteroatoms. The zero-order valence-corrected chi connectivity index (χ0v) is 29.5. The predicted molar refractivity (Wildman–Crippen MR) is 193 cm³/mol. The van der Waals surface area contributed by atoms with Gasteiger partial charge in [-0.2, -0.15) is 0 Å². The topological polar surface area (TPSA) is 79.1 Å². The largest absolute Gasteiger partial charge is 0.493 e. The zero-order chi connectivity index (χ0) is 33.8. The van der Waals surface area contributed by atoms with Gasteiger partial charge < -0.3 is 14.2 Å². The van der Waals surface area contributed by atoms with Crippen molar-refractivity contribution in [2.45, 2.75) is 39.3 Å². The summed E-state index contributed by atoms with van der Waals surface area (Å²) in [6.07, 6.45) is 1.82. The Labute approximate surface area is 291 Å². The smallest absolute Gasteiger partial charge is 0.338 e. The van der Waals surface area contributed by atoms with Crippen molar-refractivity contribution in [3.05, 3.63) is 155 Å². The second-order valence-electron chi connectivity index (χ2n) is 11.6. The molecule has 244 valence electrons. The number of fused-ring (bicyclic) bond motifs is 1. The zero-order valence-electron chi connectivity index (χ0n) is 27.1. The summed E-state index contributed by atoms with van der Waals surface area (Å²) < 4.78 is 20.4. The molecule has 0 saturated heterocycles. The van der Waals surface area contributed by atoms with Crippen molar-refractivity contribution in [2.24, 2.45) is 4.99 Å². The second-order valence-corrected chi connectivity index (χ2v) is 13.5. The van der Waals surface area contributed by atoms with Crippen LogP contribution in [-0.4, -0.2) is 24.3 Å². The molecule has 0 saturated carbocycles. The van der Waals surface area contributed by atoms with Crippen molar-refractivity contribution in [2.75, 3.05) is 13.7 Å². The molecule has 4 aromatic carbocycles. The molecule has 6 rings (SSSR count). The molecule has 1 aliphatic rings. The van der Waals surface area contributed by atoms with E-state index in [-0.39, 0.29) is 12.2 Å². The first-order valence-corrected chi connectivity index (χ1v) is 17.3. The highest BCUT2D eigenvalue weighted by molar-refractivity contribution is 9.10. The number of carbonyl (C=O) groups excluding carboxylic acids is 1. The van der Waals surface area contributed by atoms with E-state index in [2.05, 4.69) is 29.8 Å². The summed E-state index contributed by atoms with van der Waals surface area (Å²) in [5.41, 5.74) is 5.09. The Morgan fingerprint density at radius 1 is 0.979 bits per heavy atom. The normalized spacial score (nSPS) is 14.5. The Hall–Kier alpha value is -4.73. The van der Waals surface area contributed by atoms with Crippen molar-refractivity contribution in [1.82, 2.24) is 4.57 Å². The van der Waals surface area contributed by atoms with E-state index in [1.165, 1.54) is 11.3 Å². The van der Waals surface area contributed by atoms with Crippen molar-refractivity contribution in [1.29, 1.82) is 0 Å². The molecule has 1 aliphatic heterocycles. The van der Waals surface area contributed by atoms with Gasteiger partial charge in [0, 0.05) is 10.0 Å². The molecule has 0 aliphatic carbocycles. The van der Waals surface area contributed by atoms with Crippen LogP contribution in [0.25, 0.3) is 11.8 Å². The van der Waals surface area contributed by atoms with Gasteiger partial charge in [-0.15, -0.1) is 0 Å². The molecule has 1 atom stereocenters. The van der Waals surface area contributed by atoms with Crippen LogP contribution in [0.4, 0.5) is 0 Å². The minimum Gasteiger partial charge on any atom is -0.493 e. The first kappa shape index (κ1) is 33.2. The van der Waals surface area contributed by atoms with Gasteiger partial charge in [-0.25, -0.2) is 9.79 Å². The summed E-state index contributed by atoms with van der Waals surface area (Å²) in [5.74, 6) is 0.967. The van der Waals surface area contributed by atoms with Gasteiger partial charge in [0.25, 0.3) is 5.56 Å². The van der Waals surface area contributed by atoms with Crippen LogP contribution in [0.15, 0.2) is 117 Å². The van der Waals surface area contributed by atoms with E-state index < -0.39 is 12.0 Å². The van der Waals surface area contributed by atoms with Crippen molar-refractivity contribution in [3.63, 3.8) is 0 Å². The van der Waals surface area contributed by atoms with Crippen molar-refractivity contribution < 1.29 is 19.0 Å². The molecule has 1 aromatic heterocycles. The van der Waals surface area contributed by atoms with E-state index in [0.717, 1.165) is 32.3 Å². The van der Waals surface area contributed by atoms with E-state index in [1.54, 1.807) is 18.6 Å². The van der Waals surface area contributed by atoms with E-state index in [0.29, 0.717) is 44.6 Å². The predicted octanol–water partition coefficient (Wildman–Crippen LogP) is 7.41. The van der Waals surface area contributed by atoms with Crippen molar-refractivity contribution in [3.8, 4) is 11.5 Å². The van der Waals surface area contributed by atoms with Gasteiger partial charge in [-0.3, -0.25) is 9.36 Å². The van der Waals surface area contributed by atoms with Crippen LogP contribution in [-0.2, 0) is 16.1 Å². The number of ether oxygens (including phenoxy) is 3. The standard InChI is InChI=1S/C39H35BrN2O5S/c1-5-46-38(44)34-35(28-9-7-6-8-10-28)41-39-42(36(34)29-16-14-27(15-17-29)24(2)3)37(43)33(48-39)22-26-13-20-31(32(21-26)45-4)47-23-25-11-18-30(40)19-12-25/h6-22,24,36H,5,23H2,1-4H3/b33-22-/t36-/m1/s1. The molecule has 7 nitrogen and oxygen atoms in total. The van der Waals surface area contributed by atoms with E-state index in [4.69, 9.17) is 19.2 Å². The van der Waals surface area contributed by atoms with Crippen LogP contribution < -0.4 is 24.4 Å². The molecule has 0 unspecified atom stereocenters. The third-order valence-corrected chi connectivity index (χ3v) is 9.60. The Balaban J connectivity index is 1.47. The van der Waals surface area contributed by atoms with E-state index in [1.807, 2.05) is 103 Å². The third kappa shape index (κ3) is 6.93. The monoisotopic (exact) mass is 722 g/mol. The number of nitrogens with zero attached hydrogens (tertiary/aromatic N) is 2. The average molecular weight is 724 g/mol. The molecular weight excluding hydrogens is 688 g/mol. The van der Waals surface area contributed by atoms with E-state index >= 15 is 0 Å². The van der Waals surface area contributed by atoms with Gasteiger partial charge in [0.05, 0.1) is 35.6 Å². The van der Waals surface area contributed by atoms with E-state index in [9.17, 15) is 9.59 Å². The van der Waals surface area contributed by atoms with Crippen LogP contribution in [0.5, 0.6) is 11.5 Å². The highest BCUT2D eigenvalue weighted by Crippen LogP contribution is 2.36. The van der Waals surface area contributed by atoms with Crippen LogP contribution in [0.1, 0.15) is 60.5 Å². The summed E-state index contributed by atoms with van der Waals surface area (Å²) in [7, 11) is 1.59. The molecular formula is C39H35BrN2O5S. The molecule has 48 heavy (non-hydrogen) atoms. The first-order chi connectivity index (χ1) is 23.3. The number of aromatic nitrogens is 1. The average Bonchev–Trinajstić information content (AvgIpc) is 3.41. The molecule has 0 spiro atoms. The molecule has 0 N–H and O–H groups in total. The number of esters is 1. The summed E-state index contributed by atoms with van der Waals surface area (Å²) in [4.78, 5) is 33.5. The molecule has 0 amide bonds. The number of halogens is 1. The quantitative estimate of drug-likeness (QED) is 0.140. The highest BCUT2D eigenvalue weighted by Gasteiger charge is 2.35. The number of methoxy groups -OCH3 is 1. The Morgan fingerprint density at radius 3 is 2.38 bits per heavy atom. The molecule has 0 bridgehead atoms. The van der Waals surface area contributed by atoms with Crippen LogP contribution in [0.2, 0.25) is 0 Å². The Bertz CT molecular complexity index is 2150. The summed E-state index contributed by atoms with van der Waals surface area (Å²) >= 11 is 4.74.